The molecule has 2 aromatic heterocycles. The molecule has 5 rings (SSSR count). The van der Waals surface area contributed by atoms with Gasteiger partial charge in [0.1, 0.15) is 0 Å². The number of aromatic nitrogens is 3. The summed E-state index contributed by atoms with van der Waals surface area (Å²) in [4.78, 5) is 27.0. The lowest BCUT2D eigenvalue weighted by atomic mass is 9.95. The number of rotatable bonds is 5. The summed E-state index contributed by atoms with van der Waals surface area (Å²) in [5, 5.41) is 13.0. The summed E-state index contributed by atoms with van der Waals surface area (Å²) in [7, 11) is 0. The lowest BCUT2D eigenvalue weighted by Crippen LogP contribution is -2.39. The number of pyridine rings is 1. The van der Waals surface area contributed by atoms with Crippen molar-refractivity contribution in [1.29, 1.82) is 0 Å². The first-order valence-electron chi connectivity index (χ1n) is 11.8. The third kappa shape index (κ3) is 4.52. The fraction of sp³-hybridized carbons (Fsp3) is 0.286. The van der Waals surface area contributed by atoms with Crippen molar-refractivity contribution in [3.05, 3.63) is 88.4 Å². The maximum atomic E-state index is 13.6. The first-order valence-corrected chi connectivity index (χ1v) is 11.8. The summed E-state index contributed by atoms with van der Waals surface area (Å²) >= 11 is 0. The standard InChI is InChI=1S/C28H28N4O3/c1-3-29-15-18(2)24-13-19(8-10-30-24)12-20-14-23-27(22-7-5-4-6-21(20)22)31-17-32(28(23)34)25-9-11-35-16-26(25)33/h3-8,10,13-15,17,25-26,33H,9,11-12,16H2,1-2H3/b18-15+,29-3?/t25-,26-/m0/s1. The van der Waals surface area contributed by atoms with E-state index in [4.69, 9.17) is 4.74 Å². The van der Waals surface area contributed by atoms with Gasteiger partial charge in [-0.15, -0.1) is 0 Å². The molecule has 0 bridgehead atoms. The van der Waals surface area contributed by atoms with E-state index in [1.54, 1.807) is 23.3 Å². The first kappa shape index (κ1) is 23.1. The van der Waals surface area contributed by atoms with Crippen molar-refractivity contribution in [1.82, 2.24) is 14.5 Å². The molecule has 1 fully saturated rings. The predicted molar refractivity (Wildman–Crippen MR) is 139 cm³/mol. The van der Waals surface area contributed by atoms with E-state index in [-0.39, 0.29) is 18.2 Å². The first-order chi connectivity index (χ1) is 17.1. The number of ether oxygens (including phenoxy) is 1. The van der Waals surface area contributed by atoms with Crippen LogP contribution < -0.4 is 5.56 Å². The van der Waals surface area contributed by atoms with Crippen molar-refractivity contribution in [2.24, 2.45) is 4.99 Å². The monoisotopic (exact) mass is 468 g/mol. The summed E-state index contributed by atoms with van der Waals surface area (Å²) in [6.07, 6.45) is 7.41. The van der Waals surface area contributed by atoms with E-state index in [9.17, 15) is 9.90 Å². The minimum Gasteiger partial charge on any atom is -0.389 e. The maximum Gasteiger partial charge on any atom is 0.261 e. The summed E-state index contributed by atoms with van der Waals surface area (Å²) < 4.78 is 6.92. The van der Waals surface area contributed by atoms with Gasteiger partial charge in [0.2, 0.25) is 0 Å². The summed E-state index contributed by atoms with van der Waals surface area (Å²) in [5.41, 5.74) is 4.53. The smallest absolute Gasteiger partial charge is 0.261 e. The molecule has 1 aliphatic heterocycles. The lowest BCUT2D eigenvalue weighted by molar-refractivity contribution is -0.0395. The van der Waals surface area contributed by atoms with Crippen LogP contribution in [0.2, 0.25) is 0 Å². The number of allylic oxidation sites excluding steroid dienone is 1. The number of hydrogen-bond acceptors (Lipinski definition) is 6. The average Bonchev–Trinajstić information content (AvgIpc) is 2.89. The minimum atomic E-state index is -0.732. The Bertz CT molecular complexity index is 1510. The summed E-state index contributed by atoms with van der Waals surface area (Å²) in [5.74, 6) is 0. The van der Waals surface area contributed by atoms with E-state index in [0.29, 0.717) is 30.4 Å². The Kier molecular flexibility index (Phi) is 6.53. The number of aliphatic imine (C=N–C) groups is 1. The molecule has 7 nitrogen and oxygen atoms in total. The molecule has 1 N–H and O–H groups in total. The van der Waals surface area contributed by atoms with Crippen molar-refractivity contribution >= 4 is 33.5 Å². The number of nitrogens with zero attached hydrogens (tertiary/aromatic N) is 4. The van der Waals surface area contributed by atoms with E-state index >= 15 is 0 Å². The summed E-state index contributed by atoms with van der Waals surface area (Å²) in [6, 6.07) is 13.7. The van der Waals surface area contributed by atoms with Gasteiger partial charge in [0.05, 0.1) is 41.7 Å². The minimum absolute atomic E-state index is 0.139. The van der Waals surface area contributed by atoms with Crippen molar-refractivity contribution in [2.75, 3.05) is 13.2 Å². The highest BCUT2D eigenvalue weighted by atomic mass is 16.5. The molecule has 1 saturated heterocycles. The van der Waals surface area contributed by atoms with Gasteiger partial charge in [-0.2, -0.15) is 0 Å². The molecular weight excluding hydrogens is 440 g/mol. The fourth-order valence-electron chi connectivity index (χ4n) is 4.74. The normalized spacial score (nSPS) is 19.1. The van der Waals surface area contributed by atoms with Gasteiger partial charge in [-0.25, -0.2) is 4.98 Å². The molecule has 4 aromatic rings. The molecule has 0 amide bonds. The Balaban J connectivity index is 1.63. The Hall–Kier alpha value is -3.68. The molecule has 178 valence electrons. The van der Waals surface area contributed by atoms with E-state index in [1.165, 1.54) is 0 Å². The molecule has 7 heteroatoms. The predicted octanol–water partition coefficient (Wildman–Crippen LogP) is 4.31. The molecule has 35 heavy (non-hydrogen) atoms. The van der Waals surface area contributed by atoms with Crippen LogP contribution in [0.5, 0.6) is 0 Å². The van der Waals surface area contributed by atoms with Gasteiger partial charge in [-0.1, -0.05) is 24.3 Å². The highest BCUT2D eigenvalue weighted by Crippen LogP contribution is 2.29. The molecular formula is C28H28N4O3. The molecule has 2 atom stereocenters. The zero-order valence-electron chi connectivity index (χ0n) is 19.9. The highest BCUT2D eigenvalue weighted by molar-refractivity contribution is 6.06. The van der Waals surface area contributed by atoms with Crippen LogP contribution >= 0.6 is 0 Å². The quantitative estimate of drug-likeness (QED) is 0.348. The molecule has 0 saturated carbocycles. The van der Waals surface area contributed by atoms with Crippen LogP contribution in [-0.2, 0) is 11.2 Å². The third-order valence-corrected chi connectivity index (χ3v) is 6.57. The SMILES string of the molecule is CC=N/C=C(\C)c1cc(Cc2cc3c(=O)n([C@H]4CCOC[C@@H]4O)cnc3c3ccccc23)ccn1. The van der Waals surface area contributed by atoms with Gasteiger partial charge in [-0.05, 0) is 67.0 Å². The largest absolute Gasteiger partial charge is 0.389 e. The van der Waals surface area contributed by atoms with Crippen molar-refractivity contribution in [3.63, 3.8) is 0 Å². The second-order valence-corrected chi connectivity index (χ2v) is 8.88. The number of aliphatic hydroxyl groups excluding tert-OH is 1. The highest BCUT2D eigenvalue weighted by Gasteiger charge is 2.27. The van der Waals surface area contributed by atoms with Crippen molar-refractivity contribution < 1.29 is 9.84 Å². The van der Waals surface area contributed by atoms with E-state index in [0.717, 1.165) is 33.2 Å². The zero-order valence-corrected chi connectivity index (χ0v) is 19.9. The van der Waals surface area contributed by atoms with Gasteiger partial charge in [-0.3, -0.25) is 19.3 Å². The van der Waals surface area contributed by atoms with Gasteiger partial charge >= 0.3 is 0 Å². The maximum absolute atomic E-state index is 13.6. The van der Waals surface area contributed by atoms with Gasteiger partial charge < -0.3 is 9.84 Å². The summed E-state index contributed by atoms with van der Waals surface area (Å²) in [6.45, 7) is 4.60. The van der Waals surface area contributed by atoms with Crippen molar-refractivity contribution in [2.45, 2.75) is 38.8 Å². The van der Waals surface area contributed by atoms with Gasteiger partial charge in [0.15, 0.2) is 0 Å². The molecule has 3 heterocycles. The van der Waals surface area contributed by atoms with Gasteiger partial charge in [0, 0.05) is 30.6 Å². The van der Waals surface area contributed by atoms with Crippen LogP contribution in [0.25, 0.3) is 27.2 Å². The number of fused-ring (bicyclic) bond motifs is 3. The molecule has 0 aliphatic carbocycles. The Morgan fingerprint density at radius 3 is 2.83 bits per heavy atom. The molecule has 0 radical (unpaired) electrons. The van der Waals surface area contributed by atoms with Crippen LogP contribution in [0.15, 0.2) is 71.0 Å². The molecule has 0 unspecified atom stereocenters. The molecule has 2 aromatic carbocycles. The van der Waals surface area contributed by atoms with E-state index in [2.05, 4.69) is 27.1 Å². The fourth-order valence-corrected chi connectivity index (χ4v) is 4.74. The average molecular weight is 469 g/mol. The van der Waals surface area contributed by atoms with Crippen LogP contribution in [0.4, 0.5) is 0 Å². The van der Waals surface area contributed by atoms with E-state index in [1.807, 2.05) is 50.4 Å². The van der Waals surface area contributed by atoms with Crippen LogP contribution in [-0.4, -0.2) is 45.2 Å². The van der Waals surface area contributed by atoms with Crippen LogP contribution in [0, 0.1) is 0 Å². The van der Waals surface area contributed by atoms with Crippen LogP contribution in [0.1, 0.15) is 43.1 Å². The Morgan fingerprint density at radius 1 is 1.20 bits per heavy atom. The van der Waals surface area contributed by atoms with Crippen molar-refractivity contribution in [3.8, 4) is 0 Å². The number of aliphatic hydroxyl groups is 1. The van der Waals surface area contributed by atoms with E-state index < -0.39 is 6.10 Å². The molecule has 1 aliphatic rings. The topological polar surface area (TPSA) is 89.6 Å². The molecule has 0 spiro atoms. The number of hydrogen-bond donors (Lipinski definition) is 1. The zero-order chi connectivity index (χ0) is 24.4. The second-order valence-electron chi connectivity index (χ2n) is 8.88. The lowest BCUT2D eigenvalue weighted by Gasteiger charge is -2.29. The van der Waals surface area contributed by atoms with Crippen LogP contribution in [0.3, 0.4) is 0 Å². The third-order valence-electron chi connectivity index (χ3n) is 6.57. The van der Waals surface area contributed by atoms with Gasteiger partial charge in [0.25, 0.3) is 5.56 Å². The Labute approximate surface area is 203 Å². The number of benzene rings is 2. The Morgan fingerprint density at radius 2 is 2.03 bits per heavy atom. The second kappa shape index (κ2) is 9.90.